The number of hydrogen-bond donors (Lipinski definition) is 10. The zero-order valence-electron chi connectivity index (χ0n) is 27.9. The Balaban J connectivity index is 5.62. The average molecular weight is 657 g/mol. The fraction of sp³-hybridized carbons (Fsp3) is 0.759. The molecule has 17 nitrogen and oxygen atoms in total. The first kappa shape index (κ1) is 42.0. The second kappa shape index (κ2) is 21.7. The molecule has 0 spiro atoms. The van der Waals surface area contributed by atoms with Gasteiger partial charge in [-0.15, -0.1) is 0 Å². The van der Waals surface area contributed by atoms with Crippen molar-refractivity contribution in [1.29, 1.82) is 0 Å². The molecule has 14 N–H and O–H groups in total. The van der Waals surface area contributed by atoms with Crippen LogP contribution in [0.1, 0.15) is 73.6 Å². The molecule has 0 aromatic heterocycles. The van der Waals surface area contributed by atoms with E-state index in [1.54, 1.807) is 6.92 Å². The van der Waals surface area contributed by atoms with Gasteiger partial charge in [0.15, 0.2) is 5.96 Å². The van der Waals surface area contributed by atoms with Crippen LogP contribution in [0.15, 0.2) is 4.99 Å². The number of guanidine groups is 1. The molecular formula is C29H56N10O7. The van der Waals surface area contributed by atoms with Gasteiger partial charge in [-0.1, -0.05) is 48.0 Å². The summed E-state index contributed by atoms with van der Waals surface area (Å²) in [6, 6.07) is -5.36. The van der Waals surface area contributed by atoms with E-state index in [0.717, 1.165) is 0 Å². The van der Waals surface area contributed by atoms with E-state index in [2.05, 4.69) is 31.6 Å². The van der Waals surface area contributed by atoms with Crippen LogP contribution >= 0.6 is 0 Å². The van der Waals surface area contributed by atoms with Gasteiger partial charge in [0.05, 0.1) is 19.2 Å². The minimum absolute atomic E-state index is 0.0446. The predicted octanol–water partition coefficient (Wildman–Crippen LogP) is -2.96. The molecule has 0 aromatic carbocycles. The predicted molar refractivity (Wildman–Crippen MR) is 173 cm³/mol. The summed E-state index contributed by atoms with van der Waals surface area (Å²) in [4.78, 5) is 80.2. The third-order valence-corrected chi connectivity index (χ3v) is 7.06. The van der Waals surface area contributed by atoms with Crippen LogP contribution in [0.5, 0.6) is 0 Å². The molecular weight excluding hydrogens is 600 g/mol. The van der Waals surface area contributed by atoms with Crippen LogP contribution in [-0.4, -0.2) is 96.4 Å². The molecule has 0 bridgehead atoms. The Morgan fingerprint density at radius 1 is 0.739 bits per heavy atom. The molecule has 0 aliphatic heterocycles. The maximum Gasteiger partial charge on any atom is 0.243 e. The van der Waals surface area contributed by atoms with Gasteiger partial charge in [0, 0.05) is 6.54 Å². The average Bonchev–Trinajstić information content (AvgIpc) is 2.96. The van der Waals surface area contributed by atoms with E-state index >= 15 is 0 Å². The molecule has 6 amide bonds. The van der Waals surface area contributed by atoms with Crippen molar-refractivity contribution in [1.82, 2.24) is 26.6 Å². The lowest BCUT2D eigenvalue weighted by Gasteiger charge is -2.28. The molecule has 0 heterocycles. The number of aliphatic hydroxyl groups is 1. The van der Waals surface area contributed by atoms with E-state index in [0.29, 0.717) is 19.3 Å². The van der Waals surface area contributed by atoms with Crippen LogP contribution in [-0.2, 0) is 28.8 Å². The first-order valence-electron chi connectivity index (χ1n) is 15.6. The van der Waals surface area contributed by atoms with Crippen molar-refractivity contribution in [3.05, 3.63) is 0 Å². The summed E-state index contributed by atoms with van der Waals surface area (Å²) in [5.41, 5.74) is 21.9. The highest BCUT2D eigenvalue weighted by atomic mass is 16.3. The molecule has 0 saturated heterocycles. The number of nitrogens with zero attached hydrogens (tertiary/aromatic N) is 1. The number of rotatable bonds is 22. The van der Waals surface area contributed by atoms with Crippen molar-refractivity contribution in [2.75, 3.05) is 19.7 Å². The van der Waals surface area contributed by atoms with Gasteiger partial charge in [0.2, 0.25) is 35.4 Å². The maximum atomic E-state index is 13.3. The molecule has 264 valence electrons. The minimum Gasteiger partial charge on any atom is -0.394 e. The maximum absolute atomic E-state index is 13.3. The van der Waals surface area contributed by atoms with E-state index in [1.165, 1.54) is 0 Å². The molecule has 0 rings (SSSR count). The highest BCUT2D eigenvalue weighted by Crippen LogP contribution is 2.11. The number of carbonyl (C=O) groups is 6. The Bertz CT molecular complexity index is 1050. The van der Waals surface area contributed by atoms with Gasteiger partial charge in [0.1, 0.15) is 24.2 Å². The summed E-state index contributed by atoms with van der Waals surface area (Å²) >= 11 is 0. The Labute approximate surface area is 271 Å². The molecule has 0 aliphatic rings. The monoisotopic (exact) mass is 656 g/mol. The van der Waals surface area contributed by atoms with Gasteiger partial charge in [-0.3, -0.25) is 33.8 Å². The standard InChI is InChI=1S/C29H56N10O7/c1-7-17(6)23(28(46)37-20(12-16(4)5)27(45)38-21(14-40)24(31)42)39-22(41)13-35-26(44)19(9-8-10-34-29(32)33)36-25(43)18(30)11-15(2)3/h15-21,23,40H,7-14,30H2,1-6H3,(H2,31,42)(H,35,44)(H,36,43)(H,37,46)(H,38,45)(H,39,41)(H4,32,33,34)/t17-,18-,19-,20-,21-,23-/m0/s1. The van der Waals surface area contributed by atoms with Crippen LogP contribution in [0.4, 0.5) is 0 Å². The van der Waals surface area contributed by atoms with Gasteiger partial charge in [0.25, 0.3) is 0 Å². The van der Waals surface area contributed by atoms with E-state index in [-0.39, 0.29) is 43.1 Å². The number of hydrogen-bond acceptors (Lipinski definition) is 9. The molecule has 17 heteroatoms. The second-order valence-corrected chi connectivity index (χ2v) is 12.2. The Morgan fingerprint density at radius 2 is 1.30 bits per heavy atom. The smallest absolute Gasteiger partial charge is 0.243 e. The summed E-state index contributed by atoms with van der Waals surface area (Å²) in [5, 5.41) is 22.0. The van der Waals surface area contributed by atoms with E-state index in [1.807, 2.05) is 34.6 Å². The summed E-state index contributed by atoms with van der Waals surface area (Å²) in [6.45, 7) is 10.0. The van der Waals surface area contributed by atoms with Gasteiger partial charge < -0.3 is 54.6 Å². The highest BCUT2D eigenvalue weighted by Gasteiger charge is 2.32. The van der Waals surface area contributed by atoms with Crippen LogP contribution in [0, 0.1) is 17.8 Å². The third kappa shape index (κ3) is 16.9. The lowest BCUT2D eigenvalue weighted by Crippen LogP contribution is -2.59. The summed E-state index contributed by atoms with van der Waals surface area (Å²) in [7, 11) is 0. The van der Waals surface area contributed by atoms with Gasteiger partial charge >= 0.3 is 0 Å². The van der Waals surface area contributed by atoms with Gasteiger partial charge in [-0.2, -0.15) is 0 Å². The van der Waals surface area contributed by atoms with Crippen molar-refractivity contribution in [3.8, 4) is 0 Å². The molecule has 0 aromatic rings. The molecule has 0 radical (unpaired) electrons. The largest absolute Gasteiger partial charge is 0.394 e. The van der Waals surface area contributed by atoms with Gasteiger partial charge in [-0.25, -0.2) is 0 Å². The number of primary amides is 1. The zero-order chi connectivity index (χ0) is 35.6. The third-order valence-electron chi connectivity index (χ3n) is 7.06. The van der Waals surface area contributed by atoms with Crippen molar-refractivity contribution in [2.45, 2.75) is 104 Å². The highest BCUT2D eigenvalue weighted by molar-refractivity contribution is 5.95. The Hall–Kier alpha value is -3.99. The SMILES string of the molecule is CC[C@H](C)[C@H](NC(=O)CNC(=O)[C@H](CCCN=C(N)N)NC(=O)[C@@H](N)CC(C)C)C(=O)N[C@@H](CC(C)C)C(=O)N[C@@H](CO)C(N)=O. The van der Waals surface area contributed by atoms with Crippen molar-refractivity contribution in [3.63, 3.8) is 0 Å². The lowest BCUT2D eigenvalue weighted by atomic mass is 9.96. The Morgan fingerprint density at radius 3 is 1.80 bits per heavy atom. The van der Waals surface area contributed by atoms with E-state index in [4.69, 9.17) is 22.9 Å². The van der Waals surface area contributed by atoms with Crippen LogP contribution in [0.2, 0.25) is 0 Å². The molecule has 6 atom stereocenters. The van der Waals surface area contributed by atoms with Gasteiger partial charge in [-0.05, 0) is 43.4 Å². The lowest BCUT2D eigenvalue weighted by molar-refractivity contribution is -0.135. The Kier molecular flexibility index (Phi) is 19.8. The number of amides is 6. The molecule has 0 fully saturated rings. The number of aliphatic hydroxyl groups excluding tert-OH is 1. The fourth-order valence-corrected chi connectivity index (χ4v) is 4.33. The van der Waals surface area contributed by atoms with Crippen molar-refractivity contribution < 1.29 is 33.9 Å². The van der Waals surface area contributed by atoms with Crippen molar-refractivity contribution in [2.24, 2.45) is 45.7 Å². The van der Waals surface area contributed by atoms with Crippen LogP contribution in [0.25, 0.3) is 0 Å². The fourth-order valence-electron chi connectivity index (χ4n) is 4.33. The molecule has 0 aliphatic carbocycles. The first-order chi connectivity index (χ1) is 21.4. The number of nitrogens with two attached hydrogens (primary N) is 4. The van der Waals surface area contributed by atoms with E-state index < -0.39 is 78.8 Å². The van der Waals surface area contributed by atoms with Crippen LogP contribution < -0.4 is 49.5 Å². The molecule has 0 unspecified atom stereocenters. The summed E-state index contributed by atoms with van der Waals surface area (Å²) in [5.74, 6) is -4.54. The molecule has 0 saturated carbocycles. The summed E-state index contributed by atoms with van der Waals surface area (Å²) < 4.78 is 0. The number of aliphatic imine (C=N–C) groups is 1. The zero-order valence-corrected chi connectivity index (χ0v) is 27.9. The quantitative estimate of drug-likeness (QED) is 0.0321. The normalized spacial score (nSPS) is 15.0. The van der Waals surface area contributed by atoms with Crippen molar-refractivity contribution >= 4 is 41.4 Å². The van der Waals surface area contributed by atoms with Crippen LogP contribution in [0.3, 0.4) is 0 Å². The van der Waals surface area contributed by atoms with E-state index in [9.17, 15) is 33.9 Å². The summed E-state index contributed by atoms with van der Waals surface area (Å²) in [6.07, 6.45) is 1.60. The number of nitrogens with one attached hydrogen (secondary N) is 5. The first-order valence-corrected chi connectivity index (χ1v) is 15.6. The number of carbonyl (C=O) groups excluding carboxylic acids is 6. The topological polar surface area (TPSA) is 299 Å². The minimum atomic E-state index is -1.33. The molecule has 46 heavy (non-hydrogen) atoms. The second-order valence-electron chi connectivity index (χ2n) is 12.2.